The zero-order valence-corrected chi connectivity index (χ0v) is 27.4. The largest absolute Gasteiger partial charge is 0.493 e. The van der Waals surface area contributed by atoms with Gasteiger partial charge in [0.05, 0.1) is 37.1 Å². The summed E-state index contributed by atoms with van der Waals surface area (Å²) in [5.74, 6) is 0.128. The molecule has 2 aliphatic heterocycles. The van der Waals surface area contributed by atoms with E-state index in [1.807, 2.05) is 30.3 Å². The van der Waals surface area contributed by atoms with Crippen LogP contribution in [0.25, 0.3) is 0 Å². The fraction of sp³-hybridized carbons (Fsp3) is 0.294. The number of carbonyl (C=O) groups is 2. The van der Waals surface area contributed by atoms with Crippen molar-refractivity contribution in [1.29, 1.82) is 0 Å². The number of thiophene rings is 1. The third-order valence-corrected chi connectivity index (χ3v) is 11.3. The number of rotatable bonds is 12. The van der Waals surface area contributed by atoms with E-state index in [9.17, 15) is 18.0 Å². The number of carbonyl (C=O) groups excluding carboxylic acids is 2. The molecule has 1 unspecified atom stereocenters. The summed E-state index contributed by atoms with van der Waals surface area (Å²) < 4.78 is 39.5. The first kappa shape index (κ1) is 31.7. The number of benzene rings is 3. The first-order valence-corrected chi connectivity index (χ1v) is 17.4. The van der Waals surface area contributed by atoms with Crippen LogP contribution in [0.3, 0.4) is 0 Å². The number of piperazine rings is 1. The molecule has 6 rings (SSSR count). The molecule has 0 bridgehead atoms. The van der Waals surface area contributed by atoms with Gasteiger partial charge in [-0.1, -0.05) is 48.5 Å². The van der Waals surface area contributed by atoms with Crippen molar-refractivity contribution >= 4 is 38.9 Å². The number of nitrogens with one attached hydrogen (secondary N) is 1. The van der Waals surface area contributed by atoms with Crippen molar-refractivity contribution in [3.63, 3.8) is 0 Å². The van der Waals surface area contributed by atoms with Crippen molar-refractivity contribution in [3.8, 4) is 11.5 Å². The molecule has 10 nitrogen and oxygen atoms in total. The zero-order valence-electron chi connectivity index (χ0n) is 25.7. The molecule has 1 aromatic heterocycles. The molecule has 0 spiro atoms. The van der Waals surface area contributed by atoms with Crippen molar-refractivity contribution < 1.29 is 27.5 Å². The molecule has 1 saturated heterocycles. The number of amides is 2. The number of hydrogen-bond acceptors (Lipinski definition) is 9. The number of anilines is 1. The van der Waals surface area contributed by atoms with E-state index in [2.05, 4.69) is 26.7 Å². The molecular weight excluding hydrogens is 625 g/mol. The minimum Gasteiger partial charge on any atom is -0.493 e. The summed E-state index contributed by atoms with van der Waals surface area (Å²) in [5, 5.41) is 1.69. The molecule has 1 N–H and O–H groups in total. The summed E-state index contributed by atoms with van der Waals surface area (Å²) in [6, 6.07) is 23.4. The Bertz CT molecular complexity index is 1810. The van der Waals surface area contributed by atoms with Crippen LogP contribution in [0.2, 0.25) is 0 Å². The van der Waals surface area contributed by atoms with E-state index >= 15 is 0 Å². The smallest absolute Gasteiger partial charge is 0.264 e. The molecule has 0 aliphatic carbocycles. The number of imide groups is 1. The van der Waals surface area contributed by atoms with Crippen molar-refractivity contribution in [2.75, 3.05) is 51.8 Å². The minimum absolute atomic E-state index is 0.00286. The summed E-state index contributed by atoms with van der Waals surface area (Å²) in [4.78, 5) is 34.1. The SMILES string of the molecule is COc1ccc(C(CCNS(=O)(=O)c2cccs2)N2C(=O)c3cccc(N4CCN(Cc5ccccc5)CC4)c3C2=O)cc1OC. The van der Waals surface area contributed by atoms with Crippen molar-refractivity contribution in [1.82, 2.24) is 14.5 Å². The first-order valence-electron chi connectivity index (χ1n) is 15.1. The Morgan fingerprint density at radius 3 is 2.30 bits per heavy atom. The number of sulfonamides is 1. The molecule has 3 aromatic carbocycles. The van der Waals surface area contributed by atoms with Crippen LogP contribution >= 0.6 is 11.3 Å². The lowest BCUT2D eigenvalue weighted by Gasteiger charge is -2.36. The van der Waals surface area contributed by atoms with Crippen LogP contribution in [0.4, 0.5) is 5.69 Å². The van der Waals surface area contributed by atoms with Crippen LogP contribution in [0.15, 0.2) is 88.5 Å². The second-order valence-electron chi connectivity index (χ2n) is 11.2. The van der Waals surface area contributed by atoms with Crippen LogP contribution in [-0.2, 0) is 16.6 Å². The van der Waals surface area contributed by atoms with Crippen LogP contribution in [0.1, 0.15) is 44.3 Å². The van der Waals surface area contributed by atoms with E-state index < -0.39 is 27.9 Å². The van der Waals surface area contributed by atoms with Gasteiger partial charge in [-0.15, -0.1) is 11.3 Å². The highest BCUT2D eigenvalue weighted by molar-refractivity contribution is 7.91. The Morgan fingerprint density at radius 1 is 0.848 bits per heavy atom. The van der Waals surface area contributed by atoms with Gasteiger partial charge in [-0.3, -0.25) is 19.4 Å². The van der Waals surface area contributed by atoms with E-state index in [1.165, 1.54) is 30.7 Å². The molecule has 1 fully saturated rings. The van der Waals surface area contributed by atoms with Gasteiger partial charge in [0.2, 0.25) is 10.0 Å². The van der Waals surface area contributed by atoms with E-state index in [4.69, 9.17) is 9.47 Å². The molecule has 3 heterocycles. The summed E-state index contributed by atoms with van der Waals surface area (Å²) in [5.41, 5.74) is 3.35. The van der Waals surface area contributed by atoms with E-state index in [1.54, 1.807) is 35.7 Å². The van der Waals surface area contributed by atoms with Gasteiger partial charge < -0.3 is 14.4 Å². The van der Waals surface area contributed by atoms with Gasteiger partial charge in [0, 0.05) is 39.3 Å². The van der Waals surface area contributed by atoms with Crippen molar-refractivity contribution in [3.05, 3.63) is 106 Å². The molecular formula is C34H36N4O6S2. The third kappa shape index (κ3) is 6.38. The number of fused-ring (bicyclic) bond motifs is 1. The number of ether oxygens (including phenoxy) is 2. The standard InChI is InChI=1S/C34H36N4O6S2/c1-43-29-14-13-25(22-30(29)44-2)27(15-16-35-46(41,42)31-12-7-21-45-31)38-33(39)26-10-6-11-28(32(26)34(38)40)37-19-17-36(18-20-37)23-24-8-4-3-5-9-24/h3-14,21-22,27,35H,15-20,23H2,1-2H3. The average molecular weight is 661 g/mol. The van der Waals surface area contributed by atoms with Crippen LogP contribution < -0.4 is 19.1 Å². The van der Waals surface area contributed by atoms with Gasteiger partial charge in [-0.2, -0.15) is 0 Å². The number of methoxy groups -OCH3 is 2. The normalized spacial score (nSPS) is 16.0. The number of hydrogen-bond donors (Lipinski definition) is 1. The van der Waals surface area contributed by atoms with Crippen LogP contribution in [0, 0.1) is 0 Å². The molecule has 2 amide bonds. The van der Waals surface area contributed by atoms with Gasteiger partial charge in [-0.25, -0.2) is 13.1 Å². The summed E-state index contributed by atoms with van der Waals surface area (Å²) in [7, 11) is -0.701. The molecule has 0 radical (unpaired) electrons. The Kier molecular flexibility index (Phi) is 9.41. The fourth-order valence-corrected chi connectivity index (χ4v) is 8.23. The Labute approximate surface area is 273 Å². The molecule has 46 heavy (non-hydrogen) atoms. The molecule has 12 heteroatoms. The number of nitrogens with zero attached hydrogens (tertiary/aromatic N) is 3. The highest BCUT2D eigenvalue weighted by Crippen LogP contribution is 2.40. The minimum atomic E-state index is -3.74. The topological polar surface area (TPSA) is 108 Å². The fourth-order valence-electron chi connectivity index (χ4n) is 6.14. The summed E-state index contributed by atoms with van der Waals surface area (Å²) >= 11 is 1.12. The maximum atomic E-state index is 14.3. The molecule has 0 saturated carbocycles. The monoisotopic (exact) mass is 660 g/mol. The van der Waals surface area contributed by atoms with Crippen molar-refractivity contribution in [2.24, 2.45) is 0 Å². The molecule has 1 atom stereocenters. The lowest BCUT2D eigenvalue weighted by atomic mass is 10.0. The summed E-state index contributed by atoms with van der Waals surface area (Å²) in [6.45, 7) is 3.94. The Morgan fingerprint density at radius 2 is 1.61 bits per heavy atom. The highest BCUT2D eigenvalue weighted by atomic mass is 32.2. The highest BCUT2D eigenvalue weighted by Gasteiger charge is 2.43. The second kappa shape index (κ2) is 13.6. The van der Waals surface area contributed by atoms with Gasteiger partial charge in [-0.05, 0) is 53.3 Å². The van der Waals surface area contributed by atoms with E-state index in [0.29, 0.717) is 41.3 Å². The second-order valence-corrected chi connectivity index (χ2v) is 14.1. The Balaban J connectivity index is 1.26. The lowest BCUT2D eigenvalue weighted by Crippen LogP contribution is -2.46. The van der Waals surface area contributed by atoms with Gasteiger partial charge in [0.15, 0.2) is 11.5 Å². The van der Waals surface area contributed by atoms with Gasteiger partial charge >= 0.3 is 0 Å². The maximum Gasteiger partial charge on any atom is 0.264 e. The average Bonchev–Trinajstić information content (AvgIpc) is 3.72. The predicted molar refractivity (Wildman–Crippen MR) is 177 cm³/mol. The summed E-state index contributed by atoms with van der Waals surface area (Å²) in [6.07, 6.45) is 0.152. The van der Waals surface area contributed by atoms with Crippen molar-refractivity contribution in [2.45, 2.75) is 23.2 Å². The zero-order chi connectivity index (χ0) is 32.3. The van der Waals surface area contributed by atoms with E-state index in [0.717, 1.165) is 36.7 Å². The predicted octanol–water partition coefficient (Wildman–Crippen LogP) is 4.79. The third-order valence-electron chi connectivity index (χ3n) is 8.46. The van der Waals surface area contributed by atoms with E-state index in [-0.39, 0.29) is 17.2 Å². The first-order chi connectivity index (χ1) is 22.3. The maximum absolute atomic E-state index is 14.3. The molecule has 4 aromatic rings. The van der Waals surface area contributed by atoms with Gasteiger partial charge in [0.1, 0.15) is 4.21 Å². The van der Waals surface area contributed by atoms with Crippen LogP contribution in [0.5, 0.6) is 11.5 Å². The Hall–Kier alpha value is -4.23. The molecule has 2 aliphatic rings. The quantitative estimate of drug-likeness (QED) is 0.216. The van der Waals surface area contributed by atoms with Crippen LogP contribution in [-0.4, -0.2) is 77.0 Å². The lowest BCUT2D eigenvalue weighted by molar-refractivity contribution is 0.0575. The molecule has 240 valence electrons. The van der Waals surface area contributed by atoms with Gasteiger partial charge in [0.25, 0.3) is 11.8 Å².